The molecule has 1 aliphatic rings. The van der Waals surface area contributed by atoms with Crippen molar-refractivity contribution in [2.24, 2.45) is 5.14 Å². The van der Waals surface area contributed by atoms with Crippen LogP contribution in [0.4, 0.5) is 11.4 Å². The Morgan fingerprint density at radius 1 is 1.05 bits per heavy atom. The molecular weight excluding hydrogens is 274 g/mol. The lowest BCUT2D eigenvalue weighted by Crippen LogP contribution is -2.22. The van der Waals surface area contributed by atoms with Crippen LogP contribution in [0.15, 0.2) is 23.1 Å². The van der Waals surface area contributed by atoms with Crippen molar-refractivity contribution in [3.8, 4) is 0 Å². The molecule has 6 heteroatoms. The van der Waals surface area contributed by atoms with Crippen LogP contribution in [-0.2, 0) is 10.0 Å². The third kappa shape index (κ3) is 3.86. The van der Waals surface area contributed by atoms with Gasteiger partial charge in [-0.25, -0.2) is 13.6 Å². The zero-order valence-corrected chi connectivity index (χ0v) is 12.5. The fourth-order valence-corrected chi connectivity index (χ4v) is 3.42. The van der Waals surface area contributed by atoms with E-state index in [0.29, 0.717) is 11.7 Å². The van der Waals surface area contributed by atoms with E-state index in [-0.39, 0.29) is 10.6 Å². The zero-order chi connectivity index (χ0) is 14.6. The molecule has 0 heterocycles. The summed E-state index contributed by atoms with van der Waals surface area (Å²) in [5, 5.41) is 8.55. The molecule has 0 atom stereocenters. The minimum absolute atomic E-state index is 0.00616. The quantitative estimate of drug-likeness (QED) is 0.746. The lowest BCUT2D eigenvalue weighted by molar-refractivity contribution is 0.471. The predicted octanol–water partition coefficient (Wildman–Crippen LogP) is 2.44. The molecular formula is C14H23N3O2S. The molecule has 0 bridgehead atoms. The molecule has 2 rings (SSSR count). The maximum atomic E-state index is 11.5. The number of nitrogens with two attached hydrogens (primary N) is 2. The summed E-state index contributed by atoms with van der Waals surface area (Å²) in [6.45, 7) is 0. The van der Waals surface area contributed by atoms with Crippen LogP contribution in [0.25, 0.3) is 0 Å². The van der Waals surface area contributed by atoms with Crippen LogP contribution in [0, 0.1) is 0 Å². The van der Waals surface area contributed by atoms with Crippen LogP contribution in [0.2, 0.25) is 0 Å². The molecule has 5 nitrogen and oxygen atoms in total. The number of primary sulfonamides is 1. The first kappa shape index (κ1) is 15.1. The number of nitrogen functional groups attached to an aromatic ring is 1. The van der Waals surface area contributed by atoms with Crippen molar-refractivity contribution in [1.29, 1.82) is 0 Å². The Balaban J connectivity index is 2.16. The highest BCUT2D eigenvalue weighted by Crippen LogP contribution is 2.28. The van der Waals surface area contributed by atoms with Crippen LogP contribution in [0.5, 0.6) is 0 Å². The van der Waals surface area contributed by atoms with Crippen molar-refractivity contribution in [2.75, 3.05) is 11.1 Å². The summed E-state index contributed by atoms with van der Waals surface area (Å²) in [7, 11) is -3.77. The molecule has 5 N–H and O–H groups in total. The predicted molar refractivity (Wildman–Crippen MR) is 82.0 cm³/mol. The second-order valence-corrected chi connectivity index (χ2v) is 6.98. The summed E-state index contributed by atoms with van der Waals surface area (Å²) in [6.07, 6.45) is 8.45. The fourth-order valence-electron chi connectivity index (χ4n) is 2.74. The molecule has 1 aromatic carbocycles. The normalized spacial score (nSPS) is 18.2. The maximum Gasteiger partial charge on any atom is 0.240 e. The van der Waals surface area contributed by atoms with Crippen molar-refractivity contribution >= 4 is 21.4 Å². The highest BCUT2D eigenvalue weighted by molar-refractivity contribution is 7.89. The minimum Gasteiger partial charge on any atom is -0.396 e. The molecule has 0 radical (unpaired) electrons. The van der Waals surface area contributed by atoms with Gasteiger partial charge in [0.25, 0.3) is 0 Å². The summed E-state index contributed by atoms with van der Waals surface area (Å²) in [5.41, 5.74) is 6.82. The van der Waals surface area contributed by atoms with Gasteiger partial charge in [-0.1, -0.05) is 38.2 Å². The first-order valence-corrected chi connectivity index (χ1v) is 8.71. The molecule has 0 aromatic heterocycles. The number of para-hydroxylation sites is 1. The molecule has 112 valence electrons. The van der Waals surface area contributed by atoms with E-state index in [9.17, 15) is 8.42 Å². The molecule has 1 fully saturated rings. The molecule has 1 aromatic rings. The first-order chi connectivity index (χ1) is 9.48. The topological polar surface area (TPSA) is 98.2 Å². The molecule has 1 aliphatic carbocycles. The third-order valence-corrected chi connectivity index (χ3v) is 4.81. The van der Waals surface area contributed by atoms with Crippen molar-refractivity contribution in [2.45, 2.75) is 55.9 Å². The number of benzene rings is 1. The highest BCUT2D eigenvalue weighted by Gasteiger charge is 2.17. The SMILES string of the molecule is Nc1c(NC2CCCCCCC2)cccc1S(N)(=O)=O. The van der Waals surface area contributed by atoms with Gasteiger partial charge in [-0.05, 0) is 25.0 Å². The molecule has 0 amide bonds. The van der Waals surface area contributed by atoms with Gasteiger partial charge in [-0.15, -0.1) is 0 Å². The van der Waals surface area contributed by atoms with E-state index < -0.39 is 10.0 Å². The molecule has 0 saturated heterocycles. The number of hydrogen-bond acceptors (Lipinski definition) is 4. The van der Waals surface area contributed by atoms with E-state index >= 15 is 0 Å². The summed E-state index contributed by atoms with van der Waals surface area (Å²) in [4.78, 5) is -0.00616. The van der Waals surface area contributed by atoms with E-state index in [4.69, 9.17) is 10.9 Å². The Morgan fingerprint density at radius 3 is 2.25 bits per heavy atom. The van der Waals surface area contributed by atoms with Crippen molar-refractivity contribution in [3.05, 3.63) is 18.2 Å². The molecule has 0 spiro atoms. The number of rotatable bonds is 3. The van der Waals surface area contributed by atoms with Crippen LogP contribution >= 0.6 is 0 Å². The van der Waals surface area contributed by atoms with Crippen molar-refractivity contribution in [3.63, 3.8) is 0 Å². The third-order valence-electron chi connectivity index (χ3n) is 3.84. The van der Waals surface area contributed by atoms with Crippen molar-refractivity contribution in [1.82, 2.24) is 0 Å². The largest absolute Gasteiger partial charge is 0.396 e. The van der Waals surface area contributed by atoms with Gasteiger partial charge in [-0.2, -0.15) is 0 Å². The average Bonchev–Trinajstić information content (AvgIpc) is 2.33. The molecule has 20 heavy (non-hydrogen) atoms. The molecule has 1 saturated carbocycles. The van der Waals surface area contributed by atoms with Gasteiger partial charge in [0.05, 0.1) is 11.4 Å². The number of nitrogens with one attached hydrogen (secondary N) is 1. The summed E-state index contributed by atoms with van der Waals surface area (Å²) < 4.78 is 22.9. The number of hydrogen-bond donors (Lipinski definition) is 3. The average molecular weight is 297 g/mol. The first-order valence-electron chi connectivity index (χ1n) is 7.16. The summed E-state index contributed by atoms with van der Waals surface area (Å²) in [5.74, 6) is 0. The Morgan fingerprint density at radius 2 is 1.65 bits per heavy atom. The van der Waals surface area contributed by atoms with Gasteiger partial charge >= 0.3 is 0 Å². The second kappa shape index (κ2) is 6.45. The number of sulfonamides is 1. The van der Waals surface area contributed by atoms with Gasteiger partial charge < -0.3 is 11.1 Å². The monoisotopic (exact) mass is 297 g/mol. The summed E-state index contributed by atoms with van der Waals surface area (Å²) in [6, 6.07) is 5.27. The lowest BCUT2D eigenvalue weighted by Gasteiger charge is -2.23. The zero-order valence-electron chi connectivity index (χ0n) is 11.6. The van der Waals surface area contributed by atoms with Gasteiger partial charge in [0.2, 0.25) is 10.0 Å². The van der Waals surface area contributed by atoms with Gasteiger partial charge in [-0.3, -0.25) is 0 Å². The van der Waals surface area contributed by atoms with Crippen LogP contribution in [-0.4, -0.2) is 14.5 Å². The van der Waals surface area contributed by atoms with Crippen molar-refractivity contribution < 1.29 is 8.42 Å². The Kier molecular flexibility index (Phi) is 4.88. The molecule has 0 unspecified atom stereocenters. The van der Waals surface area contributed by atoms with Gasteiger partial charge in [0, 0.05) is 6.04 Å². The van der Waals surface area contributed by atoms with E-state index in [1.54, 1.807) is 6.07 Å². The van der Waals surface area contributed by atoms with E-state index in [1.165, 1.54) is 38.2 Å². The Bertz CT molecular complexity index is 550. The van der Waals surface area contributed by atoms with E-state index in [1.807, 2.05) is 6.07 Å². The van der Waals surface area contributed by atoms with Crippen LogP contribution < -0.4 is 16.2 Å². The van der Waals surface area contributed by atoms with Gasteiger partial charge in [0.15, 0.2) is 0 Å². The standard InChI is InChI=1S/C14H23N3O2S/c15-14-12(9-6-10-13(14)20(16,18)19)17-11-7-4-2-1-3-5-8-11/h6,9-11,17H,1-5,7-8,15H2,(H2,16,18,19). The smallest absolute Gasteiger partial charge is 0.240 e. The van der Waals surface area contributed by atoms with E-state index in [2.05, 4.69) is 5.32 Å². The van der Waals surface area contributed by atoms with Crippen LogP contribution in [0.3, 0.4) is 0 Å². The Labute approximate surface area is 120 Å². The maximum absolute atomic E-state index is 11.5. The highest BCUT2D eigenvalue weighted by atomic mass is 32.2. The van der Waals surface area contributed by atoms with Crippen LogP contribution in [0.1, 0.15) is 44.9 Å². The Hall–Kier alpha value is -1.27. The summed E-state index contributed by atoms with van der Waals surface area (Å²) >= 11 is 0. The fraction of sp³-hybridized carbons (Fsp3) is 0.571. The van der Waals surface area contributed by atoms with Gasteiger partial charge in [0.1, 0.15) is 4.90 Å². The number of anilines is 2. The minimum atomic E-state index is -3.77. The molecule has 0 aliphatic heterocycles. The van der Waals surface area contributed by atoms with E-state index in [0.717, 1.165) is 12.8 Å². The second-order valence-electron chi connectivity index (χ2n) is 5.45. The lowest BCUT2D eigenvalue weighted by atomic mass is 9.96.